The van der Waals surface area contributed by atoms with E-state index in [4.69, 9.17) is 0 Å². The molecule has 8 nitrogen and oxygen atoms in total. The number of amides is 3. The Bertz CT molecular complexity index is 948. The van der Waals surface area contributed by atoms with E-state index >= 15 is 0 Å². The van der Waals surface area contributed by atoms with Gasteiger partial charge in [-0.25, -0.2) is 0 Å². The van der Waals surface area contributed by atoms with Gasteiger partial charge < -0.3 is 25.8 Å². The van der Waals surface area contributed by atoms with Gasteiger partial charge in [0.15, 0.2) is 0 Å². The quantitative estimate of drug-likeness (QED) is 0.0529. The number of hydrogen-bond acceptors (Lipinski definition) is 5. The molecule has 0 aromatic rings. The highest BCUT2D eigenvalue weighted by atomic mass is 16.2. The molecule has 3 amide bonds. The highest BCUT2D eigenvalue weighted by Crippen LogP contribution is 2.15. The summed E-state index contributed by atoms with van der Waals surface area (Å²) in [6.07, 6.45) is 53.2. The van der Waals surface area contributed by atoms with Crippen LogP contribution in [-0.2, 0) is 14.4 Å². The molecule has 0 aliphatic carbocycles. The summed E-state index contributed by atoms with van der Waals surface area (Å²) in [6.45, 7) is 12.7. The van der Waals surface area contributed by atoms with Gasteiger partial charge in [0.25, 0.3) is 0 Å². The molecule has 0 aromatic carbocycles. The van der Waals surface area contributed by atoms with Crippen molar-refractivity contribution in [1.29, 1.82) is 0 Å². The molecule has 0 spiro atoms. The first-order valence-corrected chi connectivity index (χ1v) is 29.1. The van der Waals surface area contributed by atoms with Gasteiger partial charge in [0.2, 0.25) is 17.7 Å². The van der Waals surface area contributed by atoms with Crippen molar-refractivity contribution in [3.63, 3.8) is 0 Å². The van der Waals surface area contributed by atoms with Crippen LogP contribution in [-0.4, -0.2) is 86.9 Å². The average Bonchev–Trinajstić information content (AvgIpc) is 3.30. The molecule has 0 atom stereocenters. The molecule has 0 fully saturated rings. The van der Waals surface area contributed by atoms with Crippen molar-refractivity contribution >= 4 is 17.7 Å². The fourth-order valence-corrected chi connectivity index (χ4v) is 8.95. The molecule has 0 heterocycles. The lowest BCUT2D eigenvalue weighted by molar-refractivity contribution is -0.122. The average molecular weight is 919 g/mol. The van der Waals surface area contributed by atoms with Crippen LogP contribution < -0.4 is 16.0 Å². The third kappa shape index (κ3) is 51.6. The maximum Gasteiger partial charge on any atom is 0.221 e. The molecular formula is C57H115N5O3. The topological polar surface area (TPSA) is 93.8 Å². The van der Waals surface area contributed by atoms with Gasteiger partial charge in [0.1, 0.15) is 0 Å². The zero-order chi connectivity index (χ0) is 47.4. The number of hydrogen-bond donors (Lipinski definition) is 3. The first-order valence-electron chi connectivity index (χ1n) is 29.1. The van der Waals surface area contributed by atoms with Crippen LogP contribution in [0.5, 0.6) is 0 Å². The molecule has 0 saturated carbocycles. The van der Waals surface area contributed by atoms with Crippen molar-refractivity contribution in [3.8, 4) is 0 Å². The fourth-order valence-electron chi connectivity index (χ4n) is 8.95. The summed E-state index contributed by atoms with van der Waals surface area (Å²) in [5.41, 5.74) is 0. The summed E-state index contributed by atoms with van der Waals surface area (Å²) in [5.74, 6) is 0.344. The fraction of sp³-hybridized carbons (Fsp3) is 0.947. The number of rotatable bonds is 54. The lowest BCUT2D eigenvalue weighted by Crippen LogP contribution is -2.39. The highest BCUT2D eigenvalue weighted by Gasteiger charge is 2.13. The molecule has 0 aliphatic rings. The Balaban J connectivity index is 4.37. The number of carbonyl (C=O) groups excluding carboxylic acids is 3. The van der Waals surface area contributed by atoms with E-state index in [-0.39, 0.29) is 17.7 Å². The van der Waals surface area contributed by atoms with Crippen molar-refractivity contribution < 1.29 is 14.4 Å². The monoisotopic (exact) mass is 918 g/mol. The van der Waals surface area contributed by atoms with E-state index in [0.29, 0.717) is 38.9 Å². The Morgan fingerprint density at radius 2 is 0.492 bits per heavy atom. The van der Waals surface area contributed by atoms with E-state index in [1.807, 2.05) is 0 Å². The van der Waals surface area contributed by atoms with Gasteiger partial charge in [-0.15, -0.1) is 0 Å². The molecular weight excluding hydrogens is 803 g/mol. The maximum absolute atomic E-state index is 12.8. The second-order valence-corrected chi connectivity index (χ2v) is 20.2. The van der Waals surface area contributed by atoms with Crippen LogP contribution in [0.25, 0.3) is 0 Å². The minimum Gasteiger partial charge on any atom is -0.356 e. The zero-order valence-corrected chi connectivity index (χ0v) is 44.5. The summed E-state index contributed by atoms with van der Waals surface area (Å²) >= 11 is 0. The van der Waals surface area contributed by atoms with E-state index in [1.54, 1.807) is 0 Å². The number of nitrogens with one attached hydrogen (secondary N) is 3. The lowest BCUT2D eigenvalue weighted by Gasteiger charge is -2.25. The van der Waals surface area contributed by atoms with Crippen LogP contribution in [0, 0.1) is 0 Å². The number of nitrogens with zero attached hydrogens (tertiary/aromatic N) is 2. The second-order valence-electron chi connectivity index (χ2n) is 20.2. The largest absolute Gasteiger partial charge is 0.356 e. The predicted molar refractivity (Wildman–Crippen MR) is 284 cm³/mol. The maximum atomic E-state index is 12.8. The lowest BCUT2D eigenvalue weighted by atomic mass is 10.0. The summed E-state index contributed by atoms with van der Waals surface area (Å²) in [7, 11) is 2.07. The van der Waals surface area contributed by atoms with Gasteiger partial charge in [-0.2, -0.15) is 0 Å². The number of likely N-dealkylation sites (N-methyl/N-ethyl adjacent to an activating group) is 1. The Kier molecular flexibility index (Phi) is 51.9. The first-order chi connectivity index (χ1) is 31.9. The summed E-state index contributed by atoms with van der Waals surface area (Å²) < 4.78 is 0. The molecule has 0 unspecified atom stereocenters. The van der Waals surface area contributed by atoms with Crippen molar-refractivity contribution in [2.45, 2.75) is 290 Å². The van der Waals surface area contributed by atoms with Gasteiger partial charge >= 0.3 is 0 Å². The molecule has 65 heavy (non-hydrogen) atoms. The van der Waals surface area contributed by atoms with Crippen molar-refractivity contribution in [1.82, 2.24) is 25.8 Å². The summed E-state index contributed by atoms with van der Waals surface area (Å²) in [4.78, 5) is 42.8. The third-order valence-electron chi connectivity index (χ3n) is 13.6. The van der Waals surface area contributed by atoms with Crippen LogP contribution in [0.1, 0.15) is 290 Å². The van der Waals surface area contributed by atoms with Crippen molar-refractivity contribution in [2.75, 3.05) is 59.4 Å². The first kappa shape index (κ1) is 63.3. The summed E-state index contributed by atoms with van der Waals surface area (Å²) in [5, 5.41) is 9.45. The van der Waals surface area contributed by atoms with E-state index in [1.165, 1.54) is 231 Å². The van der Waals surface area contributed by atoms with E-state index in [9.17, 15) is 14.4 Å². The van der Waals surface area contributed by atoms with Gasteiger partial charge in [-0.05, 0) is 26.3 Å². The highest BCUT2D eigenvalue weighted by molar-refractivity contribution is 5.77. The molecule has 8 heteroatoms. The Labute approximate surface area is 406 Å². The van der Waals surface area contributed by atoms with Crippen molar-refractivity contribution in [2.24, 2.45) is 0 Å². The van der Waals surface area contributed by atoms with Crippen LogP contribution >= 0.6 is 0 Å². The van der Waals surface area contributed by atoms with Crippen molar-refractivity contribution in [3.05, 3.63) is 0 Å². The van der Waals surface area contributed by atoms with E-state index in [2.05, 4.69) is 53.6 Å². The smallest absolute Gasteiger partial charge is 0.221 e. The van der Waals surface area contributed by atoms with Gasteiger partial charge in [-0.3, -0.25) is 14.4 Å². The predicted octanol–water partition coefficient (Wildman–Crippen LogP) is 15.0. The van der Waals surface area contributed by atoms with E-state index < -0.39 is 0 Å². The molecule has 0 radical (unpaired) electrons. The second kappa shape index (κ2) is 53.3. The Hall–Kier alpha value is -1.67. The molecule has 0 rings (SSSR count). The Morgan fingerprint density at radius 3 is 0.738 bits per heavy atom. The SMILES string of the molecule is CCCCCCCCCCCCCCCNC(=O)CCN(C)CCN(CCC(=O)NCCCCCCCCCCCCCCC)CCC(=O)NCCCCCCCCCCCCCCC. The molecule has 0 aliphatic heterocycles. The number of unbranched alkanes of at least 4 members (excludes halogenated alkanes) is 36. The molecule has 386 valence electrons. The van der Waals surface area contributed by atoms with Gasteiger partial charge in [0, 0.05) is 71.6 Å². The van der Waals surface area contributed by atoms with E-state index in [0.717, 1.165) is 52.0 Å². The molecule has 0 bridgehead atoms. The minimum atomic E-state index is 0.106. The van der Waals surface area contributed by atoms with Crippen LogP contribution in [0.15, 0.2) is 0 Å². The molecule has 0 aromatic heterocycles. The number of carbonyl (C=O) groups is 3. The van der Waals surface area contributed by atoms with Gasteiger partial charge in [0.05, 0.1) is 0 Å². The molecule has 3 N–H and O–H groups in total. The summed E-state index contributed by atoms with van der Waals surface area (Å²) in [6, 6.07) is 0. The third-order valence-corrected chi connectivity index (χ3v) is 13.6. The normalized spacial score (nSPS) is 11.5. The van der Waals surface area contributed by atoms with Crippen LogP contribution in [0.2, 0.25) is 0 Å². The Morgan fingerprint density at radius 1 is 0.277 bits per heavy atom. The standard InChI is InChI=1S/C57H115N5O3/c1-5-8-11-14-17-20-23-26-29-32-35-38-41-47-58-55(63)44-50-61(4)53-54-62(51-45-56(64)59-48-42-39-36-33-30-27-24-21-18-15-12-9-6-2)52-46-57(65)60-49-43-40-37-34-31-28-25-22-19-16-13-10-7-3/h5-54H2,1-4H3,(H,58,63)(H,59,64)(H,60,65). The van der Waals surface area contributed by atoms with Gasteiger partial charge in [-0.1, -0.05) is 252 Å². The molecule has 0 saturated heterocycles. The van der Waals surface area contributed by atoms with Crippen LogP contribution in [0.3, 0.4) is 0 Å². The zero-order valence-electron chi connectivity index (χ0n) is 44.5. The minimum absolute atomic E-state index is 0.106. The van der Waals surface area contributed by atoms with Crippen LogP contribution in [0.4, 0.5) is 0 Å².